The Labute approximate surface area is 136 Å². The molecule has 2 rings (SSSR count). The summed E-state index contributed by atoms with van der Waals surface area (Å²) in [7, 11) is 1.25. The molecule has 0 unspecified atom stereocenters. The normalized spacial score (nSPS) is 10.1. The quantitative estimate of drug-likeness (QED) is 0.629. The predicted octanol–water partition coefficient (Wildman–Crippen LogP) is 3.53. The van der Waals surface area contributed by atoms with E-state index < -0.39 is 11.9 Å². The number of halogens is 2. The maximum absolute atomic E-state index is 11.9. The van der Waals surface area contributed by atoms with Crippen molar-refractivity contribution < 1.29 is 19.1 Å². The molecule has 0 saturated carbocycles. The molecule has 0 radical (unpaired) electrons. The Bertz CT molecular complexity index is 718. The van der Waals surface area contributed by atoms with Crippen LogP contribution in [0, 0.1) is 0 Å². The molecule has 1 aromatic heterocycles. The van der Waals surface area contributed by atoms with Crippen LogP contribution < -0.4 is 0 Å². The number of benzene rings is 1. The van der Waals surface area contributed by atoms with E-state index in [1.165, 1.54) is 25.3 Å². The van der Waals surface area contributed by atoms with Crippen LogP contribution in [0.15, 0.2) is 36.4 Å². The van der Waals surface area contributed by atoms with E-state index >= 15 is 0 Å². The van der Waals surface area contributed by atoms with Crippen LogP contribution in [0.1, 0.15) is 26.4 Å². The van der Waals surface area contributed by atoms with Crippen molar-refractivity contribution >= 4 is 35.1 Å². The number of carbonyl (C=O) groups is 2. The smallest absolute Gasteiger partial charge is 0.339 e. The molecule has 0 spiro atoms. The summed E-state index contributed by atoms with van der Waals surface area (Å²) in [6, 6.07) is 9.25. The van der Waals surface area contributed by atoms with Gasteiger partial charge in [-0.15, -0.1) is 0 Å². The van der Waals surface area contributed by atoms with Gasteiger partial charge < -0.3 is 9.47 Å². The monoisotopic (exact) mass is 339 g/mol. The number of rotatable bonds is 4. The highest BCUT2D eigenvalue weighted by Gasteiger charge is 2.16. The van der Waals surface area contributed by atoms with Crippen molar-refractivity contribution in [1.82, 2.24) is 4.98 Å². The van der Waals surface area contributed by atoms with Gasteiger partial charge in [-0.2, -0.15) is 0 Å². The molecule has 7 heteroatoms. The number of esters is 2. The average Bonchev–Trinajstić information content (AvgIpc) is 2.52. The minimum Gasteiger partial charge on any atom is -0.465 e. The van der Waals surface area contributed by atoms with Gasteiger partial charge in [0, 0.05) is 5.02 Å². The fourth-order valence-corrected chi connectivity index (χ4v) is 2.07. The summed E-state index contributed by atoms with van der Waals surface area (Å²) in [6.45, 7) is -0.212. The molecule has 0 aliphatic rings. The number of carbonyl (C=O) groups excluding carboxylic acids is 2. The van der Waals surface area contributed by atoms with E-state index in [1.54, 1.807) is 18.2 Å². The summed E-state index contributed by atoms with van der Waals surface area (Å²) in [5.74, 6) is -1.17. The highest BCUT2D eigenvalue weighted by atomic mass is 35.5. The van der Waals surface area contributed by atoms with Crippen LogP contribution in [0.3, 0.4) is 0 Å². The SMILES string of the molecule is COC(=O)c1ccc(Cl)nc1COC(=O)c1cccc(Cl)c1. The van der Waals surface area contributed by atoms with Crippen molar-refractivity contribution in [2.75, 3.05) is 7.11 Å². The summed E-state index contributed by atoms with van der Waals surface area (Å²) in [5.41, 5.74) is 0.703. The van der Waals surface area contributed by atoms with E-state index in [4.69, 9.17) is 27.9 Å². The van der Waals surface area contributed by atoms with Crippen molar-refractivity contribution in [3.8, 4) is 0 Å². The van der Waals surface area contributed by atoms with Gasteiger partial charge in [-0.1, -0.05) is 29.3 Å². The van der Waals surface area contributed by atoms with Gasteiger partial charge in [-0.05, 0) is 30.3 Å². The highest BCUT2D eigenvalue weighted by molar-refractivity contribution is 6.31. The van der Waals surface area contributed by atoms with Crippen LogP contribution in [-0.2, 0) is 16.1 Å². The summed E-state index contributed by atoms with van der Waals surface area (Å²) < 4.78 is 9.78. The van der Waals surface area contributed by atoms with Crippen LogP contribution >= 0.6 is 23.2 Å². The Morgan fingerprint density at radius 2 is 1.91 bits per heavy atom. The number of methoxy groups -OCH3 is 1. The van der Waals surface area contributed by atoms with Gasteiger partial charge in [-0.3, -0.25) is 0 Å². The largest absolute Gasteiger partial charge is 0.465 e. The van der Waals surface area contributed by atoms with Gasteiger partial charge in [0.1, 0.15) is 11.8 Å². The second-order valence-corrected chi connectivity index (χ2v) is 5.03. The molecule has 0 aliphatic carbocycles. The first-order valence-corrected chi connectivity index (χ1v) is 6.93. The average molecular weight is 340 g/mol. The van der Waals surface area contributed by atoms with Crippen molar-refractivity contribution in [3.05, 3.63) is 63.4 Å². The van der Waals surface area contributed by atoms with Crippen molar-refractivity contribution in [2.24, 2.45) is 0 Å². The Morgan fingerprint density at radius 3 is 2.59 bits per heavy atom. The molecule has 0 aliphatic heterocycles. The van der Waals surface area contributed by atoms with E-state index in [0.717, 1.165) is 0 Å². The topological polar surface area (TPSA) is 65.5 Å². The molecule has 0 fully saturated rings. The lowest BCUT2D eigenvalue weighted by molar-refractivity contribution is 0.0455. The molecular formula is C15H11Cl2NO4. The Balaban J connectivity index is 2.16. The summed E-state index contributed by atoms with van der Waals surface area (Å²) >= 11 is 11.6. The summed E-state index contributed by atoms with van der Waals surface area (Å²) in [6.07, 6.45) is 0. The van der Waals surface area contributed by atoms with Crippen LogP contribution in [-0.4, -0.2) is 24.0 Å². The van der Waals surface area contributed by atoms with Gasteiger partial charge in [0.05, 0.1) is 23.9 Å². The molecule has 0 saturated heterocycles. The molecule has 5 nitrogen and oxygen atoms in total. The van der Waals surface area contributed by atoms with Gasteiger partial charge >= 0.3 is 11.9 Å². The zero-order valence-corrected chi connectivity index (χ0v) is 13.0. The zero-order valence-electron chi connectivity index (χ0n) is 11.5. The van der Waals surface area contributed by atoms with Gasteiger partial charge in [0.15, 0.2) is 0 Å². The molecule has 1 aromatic carbocycles. The summed E-state index contributed by atoms with van der Waals surface area (Å²) in [4.78, 5) is 27.6. The van der Waals surface area contributed by atoms with E-state index in [2.05, 4.69) is 9.72 Å². The molecule has 22 heavy (non-hydrogen) atoms. The standard InChI is InChI=1S/C15H11Cl2NO4/c1-21-15(20)11-5-6-13(17)18-12(11)8-22-14(19)9-3-2-4-10(16)7-9/h2-7H,8H2,1H3. The summed E-state index contributed by atoms with van der Waals surface area (Å²) in [5, 5.41) is 0.604. The van der Waals surface area contributed by atoms with Gasteiger partial charge in [0.25, 0.3) is 0 Å². The number of pyridine rings is 1. The van der Waals surface area contributed by atoms with Crippen molar-refractivity contribution in [2.45, 2.75) is 6.61 Å². The molecule has 2 aromatic rings. The fourth-order valence-electron chi connectivity index (χ4n) is 1.71. The third-order valence-corrected chi connectivity index (χ3v) is 3.19. The molecule has 0 bridgehead atoms. The van der Waals surface area contributed by atoms with Crippen LogP contribution in [0.2, 0.25) is 10.2 Å². The number of nitrogens with zero attached hydrogens (tertiary/aromatic N) is 1. The number of hydrogen-bond acceptors (Lipinski definition) is 5. The van der Waals surface area contributed by atoms with Crippen LogP contribution in [0.25, 0.3) is 0 Å². The minimum absolute atomic E-state index is 0.182. The molecular weight excluding hydrogens is 329 g/mol. The van der Waals surface area contributed by atoms with Crippen molar-refractivity contribution in [3.63, 3.8) is 0 Å². The highest BCUT2D eigenvalue weighted by Crippen LogP contribution is 2.16. The lowest BCUT2D eigenvalue weighted by Gasteiger charge is -2.09. The predicted molar refractivity (Wildman–Crippen MR) is 81.2 cm³/mol. The first-order valence-electron chi connectivity index (χ1n) is 6.17. The molecule has 0 N–H and O–H groups in total. The van der Waals surface area contributed by atoms with E-state index in [9.17, 15) is 9.59 Å². The molecule has 0 amide bonds. The van der Waals surface area contributed by atoms with Gasteiger partial charge in [-0.25, -0.2) is 14.6 Å². The maximum atomic E-state index is 11.9. The molecule has 114 valence electrons. The lowest BCUT2D eigenvalue weighted by Crippen LogP contribution is -2.12. The van der Waals surface area contributed by atoms with E-state index in [0.29, 0.717) is 10.6 Å². The van der Waals surface area contributed by atoms with Crippen LogP contribution in [0.5, 0.6) is 0 Å². The minimum atomic E-state index is -0.585. The van der Waals surface area contributed by atoms with Crippen molar-refractivity contribution in [1.29, 1.82) is 0 Å². The fraction of sp³-hybridized carbons (Fsp3) is 0.133. The second-order valence-electron chi connectivity index (χ2n) is 4.21. The Hall–Kier alpha value is -2.11. The third-order valence-electron chi connectivity index (χ3n) is 2.75. The molecule has 0 atom stereocenters. The Kier molecular flexibility index (Phi) is 5.35. The Morgan fingerprint density at radius 1 is 1.14 bits per heavy atom. The number of aromatic nitrogens is 1. The molecule has 1 heterocycles. The van der Waals surface area contributed by atoms with Gasteiger partial charge in [0.2, 0.25) is 0 Å². The third kappa shape index (κ3) is 3.96. The first kappa shape index (κ1) is 16.3. The first-order chi connectivity index (χ1) is 10.5. The van der Waals surface area contributed by atoms with E-state index in [-0.39, 0.29) is 23.0 Å². The van der Waals surface area contributed by atoms with E-state index in [1.807, 2.05) is 0 Å². The maximum Gasteiger partial charge on any atom is 0.339 e. The lowest BCUT2D eigenvalue weighted by atomic mass is 10.2. The number of hydrogen-bond donors (Lipinski definition) is 0. The van der Waals surface area contributed by atoms with Crippen LogP contribution in [0.4, 0.5) is 0 Å². The number of ether oxygens (including phenoxy) is 2. The second kappa shape index (κ2) is 7.24. The zero-order chi connectivity index (χ0) is 16.1.